The molecule has 39 heavy (non-hydrogen) atoms. The second kappa shape index (κ2) is 15.2. The summed E-state index contributed by atoms with van der Waals surface area (Å²) in [6, 6.07) is 5.04. The minimum Gasteiger partial charge on any atom is -0.390 e. The molecule has 220 valence electrons. The first-order chi connectivity index (χ1) is 18.6. The van der Waals surface area contributed by atoms with Crippen molar-refractivity contribution in [1.82, 2.24) is 15.6 Å². The lowest BCUT2D eigenvalue weighted by molar-refractivity contribution is 0.0825. The second-order valence-electron chi connectivity index (χ2n) is 10.9. The van der Waals surface area contributed by atoms with Gasteiger partial charge in [-0.15, -0.1) is 22.1 Å². The van der Waals surface area contributed by atoms with E-state index in [0.29, 0.717) is 49.0 Å². The van der Waals surface area contributed by atoms with Gasteiger partial charge in [0.25, 0.3) is 5.91 Å². The first-order valence-corrected chi connectivity index (χ1v) is 16.7. The highest BCUT2D eigenvalue weighted by Gasteiger charge is 2.29. The van der Waals surface area contributed by atoms with E-state index in [9.17, 15) is 19.0 Å². The molecule has 0 bridgehead atoms. The van der Waals surface area contributed by atoms with Gasteiger partial charge in [-0.25, -0.2) is 4.98 Å². The molecule has 1 amide bonds. The van der Waals surface area contributed by atoms with Crippen LogP contribution in [0.3, 0.4) is 0 Å². The molecule has 6 N–H and O–H groups in total. The number of amides is 1. The molecule has 0 saturated carbocycles. The maximum absolute atomic E-state index is 13.6. The summed E-state index contributed by atoms with van der Waals surface area (Å²) in [7, 11) is -2.93. The summed E-state index contributed by atoms with van der Waals surface area (Å²) in [6.07, 6.45) is 6.29. The number of carbonyl (C=O) groups is 1. The average Bonchev–Trinajstić information content (AvgIpc) is 3.39. The van der Waals surface area contributed by atoms with E-state index in [4.69, 9.17) is 0 Å². The number of nitrogens with zero attached hydrogens (tertiary/aromatic N) is 2. The Hall–Kier alpha value is -1.89. The third-order valence-electron chi connectivity index (χ3n) is 6.98. The smallest absolute Gasteiger partial charge is 0.251 e. The van der Waals surface area contributed by atoms with Crippen LogP contribution in [0.4, 0.5) is 11.4 Å². The number of benzene rings is 1. The van der Waals surface area contributed by atoms with Crippen LogP contribution < -0.4 is 20.3 Å². The standard InChI is InChI=1S/C28H47N5O4S2/c1-5-29-23-15-22(16-24(17-23)33-12-6-7-14-39(33,36)37)28(35)32-25(18-27-30-11-13-38-27)26(34)19-31-21(4)10-8-9-20(2)3/h11,13,15-17,20-21,25-26,29,31,34,36-37H,5-10,12,14,18-19H2,1-4H3,(H,32,35). The van der Waals surface area contributed by atoms with E-state index in [2.05, 4.69) is 41.7 Å². The van der Waals surface area contributed by atoms with E-state index in [1.807, 2.05) is 18.4 Å². The van der Waals surface area contributed by atoms with Gasteiger partial charge in [0.1, 0.15) is 0 Å². The van der Waals surface area contributed by atoms with Crippen LogP contribution in [-0.4, -0.2) is 68.7 Å². The molecule has 0 aliphatic carbocycles. The quantitative estimate of drug-likeness (QED) is 0.166. The number of thiazole rings is 1. The summed E-state index contributed by atoms with van der Waals surface area (Å²) >= 11 is 1.50. The van der Waals surface area contributed by atoms with Gasteiger partial charge in [-0.3, -0.25) is 18.2 Å². The number of hydrogen-bond acceptors (Lipinski definition) is 9. The molecule has 9 nitrogen and oxygen atoms in total. The molecule has 1 aliphatic rings. The molecule has 0 radical (unpaired) electrons. The number of aliphatic hydroxyl groups is 1. The average molecular weight is 582 g/mol. The van der Waals surface area contributed by atoms with Gasteiger partial charge in [-0.1, -0.05) is 26.7 Å². The van der Waals surface area contributed by atoms with Gasteiger partial charge in [0.15, 0.2) is 0 Å². The SMILES string of the molecule is CCNc1cc(C(=O)NC(Cc2nccs2)C(O)CNC(C)CCCC(C)C)cc(N2CCCCS2(O)O)c1. The Morgan fingerprint density at radius 1 is 1.18 bits per heavy atom. The molecule has 1 fully saturated rings. The fourth-order valence-electron chi connectivity index (χ4n) is 4.77. The highest BCUT2D eigenvalue weighted by atomic mass is 32.3. The van der Waals surface area contributed by atoms with Crippen molar-refractivity contribution in [2.75, 3.05) is 35.0 Å². The van der Waals surface area contributed by atoms with Crippen LogP contribution in [0.15, 0.2) is 29.8 Å². The summed E-state index contributed by atoms with van der Waals surface area (Å²) in [5.74, 6) is 0.676. The summed E-state index contributed by atoms with van der Waals surface area (Å²) < 4.78 is 23.0. The van der Waals surface area contributed by atoms with E-state index in [-0.39, 0.29) is 11.9 Å². The lowest BCUT2D eigenvalue weighted by Gasteiger charge is -2.47. The predicted molar refractivity (Wildman–Crippen MR) is 164 cm³/mol. The van der Waals surface area contributed by atoms with Crippen LogP contribution in [0.25, 0.3) is 0 Å². The fraction of sp³-hybridized carbons (Fsp3) is 0.643. The highest BCUT2D eigenvalue weighted by molar-refractivity contribution is 8.25. The largest absolute Gasteiger partial charge is 0.390 e. The van der Waals surface area contributed by atoms with Crippen LogP contribution in [0.2, 0.25) is 0 Å². The monoisotopic (exact) mass is 581 g/mol. The Bertz CT molecular complexity index is 1020. The molecule has 11 heteroatoms. The molecule has 2 heterocycles. The van der Waals surface area contributed by atoms with E-state index < -0.39 is 22.9 Å². The first kappa shape index (κ1) is 31.6. The van der Waals surface area contributed by atoms with Crippen molar-refractivity contribution in [2.24, 2.45) is 5.92 Å². The molecule has 0 spiro atoms. The Morgan fingerprint density at radius 3 is 2.64 bits per heavy atom. The molecule has 1 aromatic heterocycles. The number of aliphatic hydroxyl groups excluding tert-OH is 1. The molecule has 1 aromatic carbocycles. The van der Waals surface area contributed by atoms with E-state index in [0.717, 1.165) is 36.4 Å². The zero-order chi connectivity index (χ0) is 28.4. The Labute approximate surface area is 239 Å². The van der Waals surface area contributed by atoms with E-state index in [1.165, 1.54) is 17.8 Å². The van der Waals surface area contributed by atoms with Crippen LogP contribution in [0.1, 0.15) is 75.2 Å². The van der Waals surface area contributed by atoms with Gasteiger partial charge in [0.05, 0.1) is 28.6 Å². The molecule has 3 unspecified atom stereocenters. The third kappa shape index (κ3) is 9.91. The lowest BCUT2D eigenvalue weighted by Crippen LogP contribution is -2.49. The predicted octanol–water partition coefficient (Wildman–Crippen LogP) is 5.35. The Balaban J connectivity index is 1.75. The van der Waals surface area contributed by atoms with Crippen molar-refractivity contribution >= 4 is 39.4 Å². The van der Waals surface area contributed by atoms with Crippen LogP contribution >= 0.6 is 22.1 Å². The van der Waals surface area contributed by atoms with Gasteiger partial charge in [0.2, 0.25) is 0 Å². The number of hydrogen-bond donors (Lipinski definition) is 6. The minimum atomic E-state index is -2.93. The van der Waals surface area contributed by atoms with Crippen molar-refractivity contribution < 1.29 is 19.0 Å². The highest BCUT2D eigenvalue weighted by Crippen LogP contribution is 2.50. The summed E-state index contributed by atoms with van der Waals surface area (Å²) in [5.41, 5.74) is 1.73. The Morgan fingerprint density at radius 2 is 1.97 bits per heavy atom. The Kier molecular flexibility index (Phi) is 12.3. The molecule has 1 saturated heterocycles. The van der Waals surface area contributed by atoms with Gasteiger partial charge in [-0.2, -0.15) is 0 Å². The van der Waals surface area contributed by atoms with Crippen LogP contribution in [0, 0.1) is 5.92 Å². The fourth-order valence-corrected chi connectivity index (χ4v) is 7.13. The van der Waals surface area contributed by atoms with E-state index >= 15 is 0 Å². The zero-order valence-electron chi connectivity index (χ0n) is 23.7. The number of rotatable bonds is 15. The van der Waals surface area contributed by atoms with Crippen molar-refractivity contribution in [3.8, 4) is 0 Å². The van der Waals surface area contributed by atoms with Gasteiger partial charge in [0, 0.05) is 54.9 Å². The lowest BCUT2D eigenvalue weighted by atomic mass is 10.0. The van der Waals surface area contributed by atoms with Gasteiger partial charge < -0.3 is 21.1 Å². The van der Waals surface area contributed by atoms with Gasteiger partial charge in [-0.05, 0) is 57.2 Å². The topological polar surface area (TPSA) is 130 Å². The first-order valence-electron chi connectivity index (χ1n) is 14.1. The van der Waals surface area contributed by atoms with E-state index in [1.54, 1.807) is 22.6 Å². The molecular formula is C28H47N5O4S2. The summed E-state index contributed by atoms with van der Waals surface area (Å²) in [5, 5.41) is 23.6. The minimum absolute atomic E-state index is 0.262. The molecule has 2 aromatic rings. The molecular weight excluding hydrogens is 534 g/mol. The van der Waals surface area contributed by atoms with Crippen molar-refractivity contribution in [3.05, 3.63) is 40.3 Å². The number of carbonyl (C=O) groups excluding carboxylic acids is 1. The van der Waals surface area contributed by atoms with Crippen molar-refractivity contribution in [1.29, 1.82) is 0 Å². The normalized spacial score (nSPS) is 18.4. The van der Waals surface area contributed by atoms with Crippen LogP contribution in [-0.2, 0) is 6.42 Å². The maximum atomic E-state index is 13.6. The van der Waals surface area contributed by atoms with Gasteiger partial charge >= 0.3 is 0 Å². The number of aromatic nitrogens is 1. The molecule has 1 aliphatic heterocycles. The number of nitrogens with one attached hydrogen (secondary N) is 3. The molecule has 3 rings (SSSR count). The van der Waals surface area contributed by atoms with Crippen molar-refractivity contribution in [3.63, 3.8) is 0 Å². The second-order valence-corrected chi connectivity index (χ2v) is 13.9. The number of anilines is 2. The maximum Gasteiger partial charge on any atom is 0.251 e. The summed E-state index contributed by atoms with van der Waals surface area (Å²) in [4.78, 5) is 17.9. The zero-order valence-corrected chi connectivity index (χ0v) is 25.4. The van der Waals surface area contributed by atoms with Crippen LogP contribution in [0.5, 0.6) is 0 Å². The third-order valence-corrected chi connectivity index (χ3v) is 9.72. The molecule has 3 atom stereocenters. The van der Waals surface area contributed by atoms with Crippen molar-refractivity contribution in [2.45, 2.75) is 84.4 Å². The summed E-state index contributed by atoms with van der Waals surface area (Å²) in [6.45, 7) is 10.1.